The Morgan fingerprint density at radius 3 is 1.72 bits per heavy atom. The smallest absolute Gasteiger partial charge is 0.0703 e. The van der Waals surface area contributed by atoms with Gasteiger partial charge in [-0.1, -0.05) is 20.3 Å². The average molecular weight is 262 g/mol. The van der Waals surface area contributed by atoms with Gasteiger partial charge in [-0.3, -0.25) is 0 Å². The van der Waals surface area contributed by atoms with Crippen LogP contribution >= 0.6 is 0 Å². The van der Waals surface area contributed by atoms with Gasteiger partial charge in [0.2, 0.25) is 0 Å². The zero-order chi connectivity index (χ0) is 13.6. The maximum absolute atomic E-state index is 5.47. The van der Waals surface area contributed by atoms with E-state index in [0.29, 0.717) is 45.6 Å². The van der Waals surface area contributed by atoms with E-state index in [1.165, 1.54) is 0 Å². The lowest BCUT2D eigenvalue weighted by molar-refractivity contribution is -0.0140. The predicted octanol–water partition coefficient (Wildman–Crippen LogP) is 2.51. The van der Waals surface area contributed by atoms with Gasteiger partial charge in [0.1, 0.15) is 0 Å². The van der Waals surface area contributed by atoms with Crippen LogP contribution in [0.3, 0.4) is 0 Å². The van der Waals surface area contributed by atoms with Gasteiger partial charge in [-0.2, -0.15) is 0 Å². The molecule has 0 aliphatic carbocycles. The molecule has 0 aliphatic heterocycles. The summed E-state index contributed by atoms with van der Waals surface area (Å²) in [6.07, 6.45) is 1.43. The van der Waals surface area contributed by atoms with E-state index < -0.39 is 0 Å². The minimum atomic E-state index is 0.271. The molecule has 0 aromatic heterocycles. The third-order valence-corrected chi connectivity index (χ3v) is 2.52. The van der Waals surface area contributed by atoms with E-state index in [1.807, 2.05) is 13.8 Å². The topological polar surface area (TPSA) is 36.9 Å². The lowest BCUT2D eigenvalue weighted by atomic mass is 10.1. The fraction of sp³-hybridized carbons (Fsp3) is 1.00. The van der Waals surface area contributed by atoms with Crippen molar-refractivity contribution in [3.05, 3.63) is 0 Å². The summed E-state index contributed by atoms with van der Waals surface area (Å²) < 4.78 is 21.6. The van der Waals surface area contributed by atoms with Crippen molar-refractivity contribution in [2.75, 3.05) is 46.2 Å². The second-order valence-corrected chi connectivity index (χ2v) is 4.73. The Bertz CT molecular complexity index is 162. The highest BCUT2D eigenvalue weighted by molar-refractivity contribution is 4.45. The first-order valence-corrected chi connectivity index (χ1v) is 7.01. The van der Waals surface area contributed by atoms with Gasteiger partial charge < -0.3 is 18.9 Å². The van der Waals surface area contributed by atoms with Crippen LogP contribution in [0.5, 0.6) is 0 Å². The fourth-order valence-electron chi connectivity index (χ4n) is 1.18. The maximum Gasteiger partial charge on any atom is 0.0703 e. The van der Waals surface area contributed by atoms with Crippen LogP contribution in [0.2, 0.25) is 0 Å². The van der Waals surface area contributed by atoms with Crippen LogP contribution in [-0.4, -0.2) is 52.4 Å². The van der Waals surface area contributed by atoms with Crippen molar-refractivity contribution in [3.63, 3.8) is 0 Å². The molecule has 4 nitrogen and oxygen atoms in total. The maximum atomic E-state index is 5.47. The Hall–Kier alpha value is -0.160. The molecule has 0 saturated heterocycles. The van der Waals surface area contributed by atoms with Crippen LogP contribution in [0.4, 0.5) is 0 Å². The third kappa shape index (κ3) is 13.9. The van der Waals surface area contributed by atoms with Gasteiger partial charge in [0.15, 0.2) is 0 Å². The Labute approximate surface area is 112 Å². The molecule has 110 valence electrons. The fourth-order valence-corrected chi connectivity index (χ4v) is 1.18. The van der Waals surface area contributed by atoms with Crippen molar-refractivity contribution >= 4 is 0 Å². The van der Waals surface area contributed by atoms with Crippen molar-refractivity contribution in [2.24, 2.45) is 5.92 Å². The molecule has 0 rings (SSSR count). The van der Waals surface area contributed by atoms with Crippen molar-refractivity contribution in [1.29, 1.82) is 0 Å². The molecule has 0 fully saturated rings. The molecule has 0 aromatic rings. The van der Waals surface area contributed by atoms with Crippen LogP contribution in [0, 0.1) is 5.92 Å². The van der Waals surface area contributed by atoms with E-state index in [-0.39, 0.29) is 6.10 Å². The Morgan fingerprint density at radius 1 is 0.722 bits per heavy atom. The monoisotopic (exact) mass is 262 g/mol. The zero-order valence-corrected chi connectivity index (χ0v) is 12.4. The van der Waals surface area contributed by atoms with Gasteiger partial charge in [0.05, 0.1) is 45.7 Å². The summed E-state index contributed by atoms with van der Waals surface area (Å²) >= 11 is 0. The summed E-state index contributed by atoms with van der Waals surface area (Å²) in [5, 5.41) is 0. The van der Waals surface area contributed by atoms with Gasteiger partial charge in [-0.05, 0) is 19.8 Å². The van der Waals surface area contributed by atoms with E-state index in [9.17, 15) is 0 Å². The molecule has 0 amide bonds. The van der Waals surface area contributed by atoms with Crippen LogP contribution in [-0.2, 0) is 18.9 Å². The van der Waals surface area contributed by atoms with Crippen molar-refractivity contribution < 1.29 is 18.9 Å². The molecule has 0 bridgehead atoms. The van der Waals surface area contributed by atoms with Crippen LogP contribution in [0.1, 0.15) is 34.1 Å². The van der Waals surface area contributed by atoms with E-state index in [2.05, 4.69) is 13.8 Å². The molecule has 0 saturated carbocycles. The first-order valence-electron chi connectivity index (χ1n) is 7.01. The Kier molecular flexibility index (Phi) is 13.2. The van der Waals surface area contributed by atoms with Gasteiger partial charge in [0, 0.05) is 6.61 Å². The summed E-state index contributed by atoms with van der Waals surface area (Å²) in [5.41, 5.74) is 0. The molecule has 18 heavy (non-hydrogen) atoms. The summed E-state index contributed by atoms with van der Waals surface area (Å²) in [6, 6.07) is 0. The van der Waals surface area contributed by atoms with Gasteiger partial charge in [0.25, 0.3) is 0 Å². The highest BCUT2D eigenvalue weighted by Crippen LogP contribution is 1.99. The minimum Gasteiger partial charge on any atom is -0.379 e. The van der Waals surface area contributed by atoms with Gasteiger partial charge in [-0.15, -0.1) is 0 Å². The molecule has 0 radical (unpaired) electrons. The average Bonchev–Trinajstić information content (AvgIpc) is 2.35. The molecular weight excluding hydrogens is 232 g/mol. The largest absolute Gasteiger partial charge is 0.379 e. The summed E-state index contributed by atoms with van der Waals surface area (Å²) in [6.45, 7) is 13.0. The van der Waals surface area contributed by atoms with E-state index in [1.54, 1.807) is 0 Å². The number of hydrogen-bond donors (Lipinski definition) is 0. The van der Waals surface area contributed by atoms with E-state index in [4.69, 9.17) is 18.9 Å². The second-order valence-electron chi connectivity index (χ2n) is 4.73. The summed E-state index contributed by atoms with van der Waals surface area (Å²) in [7, 11) is 0. The van der Waals surface area contributed by atoms with Gasteiger partial charge in [-0.25, -0.2) is 0 Å². The molecule has 0 heterocycles. The highest BCUT2D eigenvalue weighted by Gasteiger charge is 1.98. The Balaban J connectivity index is 2.99. The van der Waals surface area contributed by atoms with Crippen LogP contribution in [0.25, 0.3) is 0 Å². The Morgan fingerprint density at radius 2 is 1.22 bits per heavy atom. The van der Waals surface area contributed by atoms with E-state index in [0.717, 1.165) is 13.0 Å². The number of hydrogen-bond acceptors (Lipinski definition) is 4. The normalized spacial score (nSPS) is 13.2. The van der Waals surface area contributed by atoms with Crippen molar-refractivity contribution in [2.45, 2.75) is 40.2 Å². The second kappa shape index (κ2) is 13.3. The first-order chi connectivity index (χ1) is 8.66. The quantitative estimate of drug-likeness (QED) is 0.478. The lowest BCUT2D eigenvalue weighted by Gasteiger charge is -2.10. The lowest BCUT2D eigenvalue weighted by Crippen LogP contribution is -2.14. The summed E-state index contributed by atoms with van der Waals surface area (Å²) in [5.74, 6) is 0.634. The molecular formula is C14H30O4. The van der Waals surface area contributed by atoms with Crippen LogP contribution < -0.4 is 0 Å². The summed E-state index contributed by atoms with van der Waals surface area (Å²) in [4.78, 5) is 0. The molecule has 0 spiro atoms. The van der Waals surface area contributed by atoms with Crippen molar-refractivity contribution in [3.8, 4) is 0 Å². The van der Waals surface area contributed by atoms with E-state index >= 15 is 0 Å². The molecule has 0 aromatic carbocycles. The molecule has 0 N–H and O–H groups in total. The van der Waals surface area contributed by atoms with Gasteiger partial charge >= 0.3 is 0 Å². The minimum absolute atomic E-state index is 0.271. The standard InChI is InChI=1S/C14H30O4/c1-5-14(4)12-17-9-8-15-6-7-16-10-11-18-13(2)3/h13-14H,5-12H2,1-4H3. The van der Waals surface area contributed by atoms with Crippen molar-refractivity contribution in [1.82, 2.24) is 0 Å². The number of rotatable bonds is 13. The van der Waals surface area contributed by atoms with Crippen LogP contribution in [0.15, 0.2) is 0 Å². The molecule has 1 atom stereocenters. The predicted molar refractivity (Wildman–Crippen MR) is 73.0 cm³/mol. The third-order valence-electron chi connectivity index (χ3n) is 2.52. The number of ether oxygens (including phenoxy) is 4. The molecule has 1 unspecified atom stereocenters. The SMILES string of the molecule is CCC(C)COCCOCCOCCOC(C)C. The first kappa shape index (κ1) is 17.8. The molecule has 0 aliphatic rings. The zero-order valence-electron chi connectivity index (χ0n) is 12.4. The molecule has 4 heteroatoms. The highest BCUT2D eigenvalue weighted by atomic mass is 16.6.